The van der Waals surface area contributed by atoms with Crippen LogP contribution in [-0.4, -0.2) is 35.2 Å². The number of halogens is 1. The van der Waals surface area contributed by atoms with Crippen molar-refractivity contribution in [2.45, 2.75) is 31.7 Å². The summed E-state index contributed by atoms with van der Waals surface area (Å²) in [6, 6.07) is 11.2. The maximum absolute atomic E-state index is 12.7. The zero-order valence-corrected chi connectivity index (χ0v) is 19.4. The maximum atomic E-state index is 12.7. The average molecular weight is 485 g/mol. The molecule has 1 amide bonds. The van der Waals surface area contributed by atoms with Crippen molar-refractivity contribution in [1.82, 2.24) is 29.3 Å². The fraction of sp³-hybridized carbons (Fsp3) is 0.200. The zero-order chi connectivity index (χ0) is 23.8. The standard InChI is InChI=1S/C25H21ClN8O/c26-17-4-5-20-19(7-17)21(29-13-28-20)8-25(35)33-23-9-22(30-14-31-23)27-10-18-12-34-11-16(15-1-2-15)3-6-24(34)32-18/h3-7,9,11-15H,1-2,8,10H2,(H2,27,30,31,33,35). The monoisotopic (exact) mass is 484 g/mol. The van der Waals surface area contributed by atoms with Crippen LogP contribution in [0.3, 0.4) is 0 Å². The van der Waals surface area contributed by atoms with Crippen LogP contribution >= 0.6 is 11.6 Å². The summed E-state index contributed by atoms with van der Waals surface area (Å²) in [5.74, 6) is 1.43. The first-order chi connectivity index (χ1) is 17.1. The molecular formula is C25H21ClN8O. The van der Waals surface area contributed by atoms with Crippen LogP contribution in [-0.2, 0) is 17.8 Å². The molecule has 0 bridgehead atoms. The van der Waals surface area contributed by atoms with Gasteiger partial charge in [0.25, 0.3) is 0 Å². The van der Waals surface area contributed by atoms with E-state index in [0.29, 0.717) is 34.8 Å². The normalized spacial score (nSPS) is 13.3. The summed E-state index contributed by atoms with van der Waals surface area (Å²) in [6.45, 7) is 0.499. The van der Waals surface area contributed by atoms with Gasteiger partial charge < -0.3 is 15.0 Å². The van der Waals surface area contributed by atoms with Crippen LogP contribution in [0.5, 0.6) is 0 Å². The summed E-state index contributed by atoms with van der Waals surface area (Å²) in [7, 11) is 0. The van der Waals surface area contributed by atoms with Gasteiger partial charge in [0.1, 0.15) is 29.9 Å². The van der Waals surface area contributed by atoms with Crippen LogP contribution in [0.1, 0.15) is 35.7 Å². The molecule has 0 spiro atoms. The fourth-order valence-corrected chi connectivity index (χ4v) is 4.24. The summed E-state index contributed by atoms with van der Waals surface area (Å²) in [5.41, 5.74) is 4.51. The summed E-state index contributed by atoms with van der Waals surface area (Å²) >= 11 is 6.11. The Labute approximate surface area is 205 Å². The molecule has 1 aromatic carbocycles. The molecule has 1 aliphatic carbocycles. The number of imidazole rings is 1. The molecule has 0 atom stereocenters. The molecule has 0 aliphatic heterocycles. The number of pyridine rings is 1. The van der Waals surface area contributed by atoms with E-state index in [4.69, 9.17) is 11.6 Å². The lowest BCUT2D eigenvalue weighted by atomic mass is 10.1. The highest BCUT2D eigenvalue weighted by molar-refractivity contribution is 6.31. The van der Waals surface area contributed by atoms with Crippen LogP contribution in [0, 0.1) is 0 Å². The Hall–Kier alpha value is -4.11. The number of nitrogens with zero attached hydrogens (tertiary/aromatic N) is 6. The number of amides is 1. The van der Waals surface area contributed by atoms with Gasteiger partial charge >= 0.3 is 0 Å². The second-order valence-corrected chi connectivity index (χ2v) is 9.02. The molecule has 1 aliphatic rings. The molecular weight excluding hydrogens is 464 g/mol. The second kappa shape index (κ2) is 8.92. The Morgan fingerprint density at radius 1 is 1.00 bits per heavy atom. The van der Waals surface area contributed by atoms with Gasteiger partial charge in [-0.1, -0.05) is 17.7 Å². The van der Waals surface area contributed by atoms with Crippen molar-refractivity contribution >= 4 is 45.7 Å². The minimum absolute atomic E-state index is 0.0657. The summed E-state index contributed by atoms with van der Waals surface area (Å²) in [4.78, 5) is 34.2. The lowest BCUT2D eigenvalue weighted by Crippen LogP contribution is -2.17. The Bertz CT molecular complexity index is 1560. The molecule has 10 heteroatoms. The van der Waals surface area contributed by atoms with Crippen LogP contribution in [0.15, 0.2) is 61.4 Å². The van der Waals surface area contributed by atoms with Gasteiger partial charge in [-0.05, 0) is 48.6 Å². The third-order valence-electron chi connectivity index (χ3n) is 5.97. The number of anilines is 2. The Morgan fingerprint density at radius 2 is 1.86 bits per heavy atom. The Kier molecular flexibility index (Phi) is 5.46. The van der Waals surface area contributed by atoms with Crippen molar-refractivity contribution in [2.24, 2.45) is 0 Å². The van der Waals surface area contributed by atoms with Gasteiger partial charge in [-0.15, -0.1) is 0 Å². The SMILES string of the molecule is O=C(Cc1ncnc2ccc(Cl)cc12)Nc1cc(NCc2cn3cc(C4CC4)ccc3n2)ncn1. The quantitative estimate of drug-likeness (QED) is 0.352. The highest BCUT2D eigenvalue weighted by atomic mass is 35.5. The van der Waals surface area contributed by atoms with Crippen molar-refractivity contribution < 1.29 is 4.79 Å². The molecule has 1 saturated carbocycles. The number of carbonyl (C=O) groups is 1. The number of carbonyl (C=O) groups excluding carboxylic acids is 1. The van der Waals surface area contributed by atoms with Gasteiger partial charge in [0.05, 0.1) is 29.9 Å². The first kappa shape index (κ1) is 21.4. The third-order valence-corrected chi connectivity index (χ3v) is 6.20. The van der Waals surface area contributed by atoms with Gasteiger partial charge in [-0.3, -0.25) is 4.79 Å². The minimum Gasteiger partial charge on any atom is -0.364 e. The number of nitrogens with one attached hydrogen (secondary N) is 2. The van der Waals surface area contributed by atoms with Crippen molar-refractivity contribution in [3.63, 3.8) is 0 Å². The van der Waals surface area contributed by atoms with Crippen LogP contribution in [0.2, 0.25) is 5.02 Å². The van der Waals surface area contributed by atoms with E-state index in [9.17, 15) is 4.79 Å². The molecule has 174 valence electrons. The van der Waals surface area contributed by atoms with Crippen molar-refractivity contribution in [2.75, 3.05) is 10.6 Å². The van der Waals surface area contributed by atoms with Crippen LogP contribution in [0.4, 0.5) is 11.6 Å². The predicted octanol–water partition coefficient (Wildman–Crippen LogP) is 4.39. The number of fused-ring (bicyclic) bond motifs is 2. The smallest absolute Gasteiger partial charge is 0.231 e. The number of hydrogen-bond donors (Lipinski definition) is 2. The number of aromatic nitrogens is 6. The first-order valence-electron chi connectivity index (χ1n) is 11.3. The molecule has 0 unspecified atom stereocenters. The van der Waals surface area contributed by atoms with Crippen molar-refractivity contribution in [1.29, 1.82) is 0 Å². The molecule has 6 rings (SSSR count). The van der Waals surface area contributed by atoms with Crippen molar-refractivity contribution in [3.05, 3.63) is 83.4 Å². The Balaban J connectivity index is 1.11. The van der Waals surface area contributed by atoms with Gasteiger partial charge in [0.2, 0.25) is 5.91 Å². The van der Waals surface area contributed by atoms with E-state index in [0.717, 1.165) is 22.2 Å². The van der Waals surface area contributed by atoms with E-state index in [2.05, 4.69) is 58.3 Å². The molecule has 1 fully saturated rings. The van der Waals surface area contributed by atoms with Crippen molar-refractivity contribution in [3.8, 4) is 0 Å². The predicted molar refractivity (Wildman–Crippen MR) is 133 cm³/mol. The summed E-state index contributed by atoms with van der Waals surface area (Å²) < 4.78 is 2.07. The molecule has 0 radical (unpaired) electrons. The van der Waals surface area contributed by atoms with E-state index in [1.807, 2.05) is 6.20 Å². The fourth-order valence-electron chi connectivity index (χ4n) is 4.07. The van der Waals surface area contributed by atoms with Gasteiger partial charge in [-0.25, -0.2) is 24.9 Å². The highest BCUT2D eigenvalue weighted by Gasteiger charge is 2.23. The van der Waals surface area contributed by atoms with E-state index in [1.54, 1.807) is 24.3 Å². The van der Waals surface area contributed by atoms with E-state index >= 15 is 0 Å². The number of hydrogen-bond acceptors (Lipinski definition) is 7. The third kappa shape index (κ3) is 4.76. The molecule has 35 heavy (non-hydrogen) atoms. The molecule has 0 saturated heterocycles. The number of rotatable bonds is 7. The zero-order valence-electron chi connectivity index (χ0n) is 18.6. The molecule has 2 N–H and O–H groups in total. The maximum Gasteiger partial charge on any atom is 0.231 e. The topological polar surface area (TPSA) is 110 Å². The summed E-state index contributed by atoms with van der Waals surface area (Å²) in [5, 5.41) is 7.37. The lowest BCUT2D eigenvalue weighted by Gasteiger charge is -2.08. The summed E-state index contributed by atoms with van der Waals surface area (Å²) in [6.07, 6.45) is 9.64. The second-order valence-electron chi connectivity index (χ2n) is 8.58. The highest BCUT2D eigenvalue weighted by Crippen LogP contribution is 2.39. The average Bonchev–Trinajstić information content (AvgIpc) is 3.62. The lowest BCUT2D eigenvalue weighted by molar-refractivity contribution is -0.115. The van der Waals surface area contributed by atoms with Crippen LogP contribution in [0.25, 0.3) is 16.6 Å². The number of benzene rings is 1. The van der Waals surface area contributed by atoms with Gasteiger partial charge in [0, 0.05) is 28.9 Å². The van der Waals surface area contributed by atoms with E-state index in [1.165, 1.54) is 31.1 Å². The molecule has 4 aromatic heterocycles. The molecule has 4 heterocycles. The van der Waals surface area contributed by atoms with Crippen LogP contribution < -0.4 is 10.6 Å². The van der Waals surface area contributed by atoms with E-state index < -0.39 is 0 Å². The van der Waals surface area contributed by atoms with Gasteiger partial charge in [-0.2, -0.15) is 0 Å². The largest absolute Gasteiger partial charge is 0.364 e. The minimum atomic E-state index is -0.249. The Morgan fingerprint density at radius 3 is 2.74 bits per heavy atom. The molecule has 9 nitrogen and oxygen atoms in total. The van der Waals surface area contributed by atoms with Gasteiger partial charge in [0.15, 0.2) is 0 Å². The van der Waals surface area contributed by atoms with E-state index in [-0.39, 0.29) is 12.3 Å². The molecule has 5 aromatic rings. The first-order valence-corrected chi connectivity index (χ1v) is 11.7.